The third kappa shape index (κ3) is 2.48. The van der Waals surface area contributed by atoms with E-state index in [9.17, 15) is 4.79 Å². The number of benzene rings is 2. The SMILES string of the molecule is Cc1ccc(Br)c(C(Cl)c2ccc3c(c2)CC(=O)N3)c1. The maximum Gasteiger partial charge on any atom is 0.228 e. The van der Waals surface area contributed by atoms with Crippen molar-refractivity contribution in [2.75, 3.05) is 5.32 Å². The van der Waals surface area contributed by atoms with Crippen LogP contribution in [0.5, 0.6) is 0 Å². The van der Waals surface area contributed by atoms with Crippen molar-refractivity contribution in [3.05, 3.63) is 63.1 Å². The molecule has 1 heterocycles. The Morgan fingerprint density at radius 1 is 1.25 bits per heavy atom. The summed E-state index contributed by atoms with van der Waals surface area (Å²) in [5.41, 5.74) is 5.14. The molecule has 0 spiro atoms. The number of carbonyl (C=O) groups is 1. The van der Waals surface area contributed by atoms with Crippen LogP contribution in [0, 0.1) is 6.92 Å². The van der Waals surface area contributed by atoms with Crippen molar-refractivity contribution in [1.29, 1.82) is 0 Å². The Labute approximate surface area is 131 Å². The number of aryl methyl sites for hydroxylation is 1. The van der Waals surface area contributed by atoms with Crippen molar-refractivity contribution >= 4 is 39.1 Å². The molecule has 1 aliphatic heterocycles. The lowest BCUT2D eigenvalue weighted by Crippen LogP contribution is -2.03. The molecule has 0 aromatic heterocycles. The largest absolute Gasteiger partial charge is 0.326 e. The van der Waals surface area contributed by atoms with Crippen LogP contribution in [-0.2, 0) is 11.2 Å². The van der Waals surface area contributed by atoms with Gasteiger partial charge in [-0.15, -0.1) is 11.6 Å². The predicted octanol–water partition coefficient (Wildman–Crippen LogP) is 4.58. The Morgan fingerprint density at radius 3 is 2.85 bits per heavy atom. The molecule has 3 rings (SSSR count). The third-order valence-electron chi connectivity index (χ3n) is 3.47. The van der Waals surface area contributed by atoms with E-state index in [2.05, 4.69) is 27.3 Å². The number of alkyl halides is 1. The Kier molecular flexibility index (Phi) is 3.57. The molecular weight excluding hydrogens is 338 g/mol. The summed E-state index contributed by atoms with van der Waals surface area (Å²) in [4.78, 5) is 11.4. The van der Waals surface area contributed by atoms with Gasteiger partial charge in [0, 0.05) is 10.2 Å². The number of hydrogen-bond acceptors (Lipinski definition) is 1. The molecule has 1 unspecified atom stereocenters. The first-order valence-corrected chi connectivity index (χ1v) is 7.60. The zero-order valence-electron chi connectivity index (χ0n) is 10.9. The van der Waals surface area contributed by atoms with Crippen molar-refractivity contribution in [3.63, 3.8) is 0 Å². The van der Waals surface area contributed by atoms with Crippen molar-refractivity contribution < 1.29 is 4.79 Å². The highest BCUT2D eigenvalue weighted by Crippen LogP contribution is 2.36. The van der Waals surface area contributed by atoms with Crippen molar-refractivity contribution in [3.8, 4) is 0 Å². The van der Waals surface area contributed by atoms with Crippen molar-refractivity contribution in [2.45, 2.75) is 18.7 Å². The molecule has 0 radical (unpaired) electrons. The fourth-order valence-corrected chi connectivity index (χ4v) is 3.37. The van der Waals surface area contributed by atoms with Crippen LogP contribution < -0.4 is 5.32 Å². The van der Waals surface area contributed by atoms with Gasteiger partial charge in [-0.05, 0) is 35.7 Å². The topological polar surface area (TPSA) is 29.1 Å². The van der Waals surface area contributed by atoms with Crippen LogP contribution >= 0.6 is 27.5 Å². The van der Waals surface area contributed by atoms with Crippen LogP contribution in [0.1, 0.15) is 27.6 Å². The molecule has 0 bridgehead atoms. The highest BCUT2D eigenvalue weighted by Gasteiger charge is 2.20. The average molecular weight is 351 g/mol. The van der Waals surface area contributed by atoms with E-state index >= 15 is 0 Å². The van der Waals surface area contributed by atoms with Crippen LogP contribution in [0.15, 0.2) is 40.9 Å². The average Bonchev–Trinajstić information content (AvgIpc) is 2.79. The lowest BCUT2D eigenvalue weighted by molar-refractivity contribution is -0.115. The second-order valence-corrected chi connectivity index (χ2v) is 6.32. The minimum Gasteiger partial charge on any atom is -0.326 e. The normalized spacial score (nSPS) is 14.8. The van der Waals surface area contributed by atoms with Gasteiger partial charge in [0.05, 0.1) is 11.8 Å². The van der Waals surface area contributed by atoms with Crippen LogP contribution in [0.25, 0.3) is 0 Å². The first-order valence-electron chi connectivity index (χ1n) is 6.37. The fourth-order valence-electron chi connectivity index (χ4n) is 2.44. The second-order valence-electron chi connectivity index (χ2n) is 5.03. The van der Waals surface area contributed by atoms with Gasteiger partial charge in [0.25, 0.3) is 0 Å². The summed E-state index contributed by atoms with van der Waals surface area (Å²) in [5, 5.41) is 2.60. The standard InChI is InChI=1S/C16H13BrClNO/c1-9-2-4-13(17)12(6-9)16(18)10-3-5-14-11(7-10)8-15(20)19-14/h2-7,16H,8H2,1H3,(H,19,20). The number of amides is 1. The molecule has 20 heavy (non-hydrogen) atoms. The highest BCUT2D eigenvalue weighted by atomic mass is 79.9. The summed E-state index contributed by atoms with van der Waals surface area (Å²) in [5.74, 6) is 0.0417. The monoisotopic (exact) mass is 349 g/mol. The molecule has 102 valence electrons. The molecule has 2 aromatic carbocycles. The Hall–Kier alpha value is -1.32. The van der Waals surface area contributed by atoms with E-state index < -0.39 is 0 Å². The summed E-state index contributed by atoms with van der Waals surface area (Å²) in [6.45, 7) is 2.05. The smallest absolute Gasteiger partial charge is 0.228 e. The van der Waals surface area contributed by atoms with Gasteiger partial charge in [-0.25, -0.2) is 0 Å². The third-order valence-corrected chi connectivity index (χ3v) is 4.68. The molecule has 2 aromatic rings. The second kappa shape index (κ2) is 5.23. The molecule has 0 saturated carbocycles. The van der Waals surface area contributed by atoms with E-state index in [1.165, 1.54) is 5.56 Å². The summed E-state index contributed by atoms with van der Waals surface area (Å²) in [6, 6.07) is 12.0. The van der Waals surface area contributed by atoms with Gasteiger partial charge in [0.2, 0.25) is 5.91 Å². The molecule has 4 heteroatoms. The molecule has 0 fully saturated rings. The van der Waals surface area contributed by atoms with Gasteiger partial charge in [-0.3, -0.25) is 4.79 Å². The van der Waals surface area contributed by atoms with E-state index in [4.69, 9.17) is 11.6 Å². The maximum atomic E-state index is 11.4. The van der Waals surface area contributed by atoms with E-state index in [0.29, 0.717) is 6.42 Å². The number of nitrogens with one attached hydrogen (secondary N) is 1. The van der Waals surface area contributed by atoms with Gasteiger partial charge < -0.3 is 5.32 Å². The Morgan fingerprint density at radius 2 is 2.05 bits per heavy atom. The van der Waals surface area contributed by atoms with Gasteiger partial charge in [0.15, 0.2) is 0 Å². The quantitative estimate of drug-likeness (QED) is 0.789. The fraction of sp³-hybridized carbons (Fsp3) is 0.188. The highest BCUT2D eigenvalue weighted by molar-refractivity contribution is 9.10. The summed E-state index contributed by atoms with van der Waals surface area (Å²) in [6.07, 6.45) is 0.432. The molecule has 1 atom stereocenters. The minimum absolute atomic E-state index is 0.0417. The molecule has 2 nitrogen and oxygen atoms in total. The predicted molar refractivity (Wildman–Crippen MR) is 85.4 cm³/mol. The molecule has 1 N–H and O–H groups in total. The number of hydrogen-bond donors (Lipinski definition) is 1. The Balaban J connectivity index is 1.99. The minimum atomic E-state index is -0.231. The first kappa shape index (κ1) is 13.7. The summed E-state index contributed by atoms with van der Waals surface area (Å²) >= 11 is 10.2. The zero-order valence-corrected chi connectivity index (χ0v) is 13.3. The number of halogens is 2. The molecule has 0 aliphatic carbocycles. The van der Waals surface area contributed by atoms with Crippen LogP contribution in [0.2, 0.25) is 0 Å². The Bertz CT molecular complexity index is 699. The lowest BCUT2D eigenvalue weighted by atomic mass is 10.00. The summed E-state index contributed by atoms with van der Waals surface area (Å²) < 4.78 is 0.998. The maximum absolute atomic E-state index is 11.4. The van der Waals surface area contributed by atoms with Crippen molar-refractivity contribution in [1.82, 2.24) is 0 Å². The van der Waals surface area contributed by atoms with Crippen LogP contribution in [-0.4, -0.2) is 5.91 Å². The number of carbonyl (C=O) groups excluding carboxylic acids is 1. The number of rotatable bonds is 2. The zero-order chi connectivity index (χ0) is 14.3. The van der Waals surface area contributed by atoms with E-state index in [0.717, 1.165) is 26.9 Å². The van der Waals surface area contributed by atoms with Gasteiger partial charge in [-0.1, -0.05) is 45.8 Å². The van der Waals surface area contributed by atoms with E-state index in [1.807, 2.05) is 37.3 Å². The number of anilines is 1. The van der Waals surface area contributed by atoms with Gasteiger partial charge in [-0.2, -0.15) is 0 Å². The van der Waals surface area contributed by atoms with E-state index in [-0.39, 0.29) is 11.3 Å². The van der Waals surface area contributed by atoms with Crippen LogP contribution in [0.3, 0.4) is 0 Å². The van der Waals surface area contributed by atoms with Gasteiger partial charge in [0.1, 0.15) is 0 Å². The van der Waals surface area contributed by atoms with E-state index in [1.54, 1.807) is 0 Å². The molecular formula is C16H13BrClNO. The number of fused-ring (bicyclic) bond motifs is 1. The van der Waals surface area contributed by atoms with Crippen molar-refractivity contribution in [2.24, 2.45) is 0 Å². The molecule has 1 amide bonds. The van der Waals surface area contributed by atoms with Gasteiger partial charge >= 0.3 is 0 Å². The lowest BCUT2D eigenvalue weighted by Gasteiger charge is -2.14. The molecule has 1 aliphatic rings. The first-order chi connectivity index (χ1) is 9.54. The van der Waals surface area contributed by atoms with Crippen LogP contribution in [0.4, 0.5) is 5.69 Å². The molecule has 0 saturated heterocycles. The summed E-state index contributed by atoms with van der Waals surface area (Å²) in [7, 11) is 0.